The molecular weight excluding hydrogens is 511 g/mol. The smallest absolute Gasteiger partial charge is 0.383 e. The number of hydrogen-bond donors (Lipinski definition) is 1. The number of nitrogens with zero attached hydrogens (tertiary/aromatic N) is 6. The fourth-order valence-corrected chi connectivity index (χ4v) is 4.23. The lowest BCUT2D eigenvalue weighted by molar-refractivity contribution is -0.137. The summed E-state index contributed by atoms with van der Waals surface area (Å²) in [4.78, 5) is 32.9. The Balaban J connectivity index is 1.75. The molecule has 1 aromatic carbocycles. The molecule has 0 unspecified atom stereocenters. The van der Waals surface area contributed by atoms with Gasteiger partial charge in [-0.1, -0.05) is 11.6 Å². The van der Waals surface area contributed by atoms with E-state index in [0.717, 1.165) is 18.5 Å². The van der Waals surface area contributed by atoms with E-state index in [1.807, 2.05) is 0 Å². The average Bonchev–Trinajstić information content (AvgIpc) is 3.24. The third-order valence-corrected chi connectivity index (χ3v) is 6.25. The zero-order valence-corrected chi connectivity index (χ0v) is 20.7. The second-order valence-electron chi connectivity index (χ2n) is 8.47. The topological polar surface area (TPSA) is 110 Å². The summed E-state index contributed by atoms with van der Waals surface area (Å²) in [6.07, 6.45) is -0.698. The summed E-state index contributed by atoms with van der Waals surface area (Å²) in [5, 5.41) is 8.50. The Morgan fingerprint density at radius 2 is 1.97 bits per heavy atom. The molecule has 1 amide bonds. The Morgan fingerprint density at radius 1 is 1.22 bits per heavy atom. The van der Waals surface area contributed by atoms with Crippen LogP contribution in [0.4, 0.5) is 19.0 Å². The van der Waals surface area contributed by atoms with Gasteiger partial charge in [0.1, 0.15) is 12.1 Å². The quantitative estimate of drug-likeness (QED) is 0.205. The molecule has 194 valence electrons. The van der Waals surface area contributed by atoms with Gasteiger partial charge in [-0.3, -0.25) is 19.5 Å². The lowest BCUT2D eigenvalue weighted by Crippen LogP contribution is -2.44. The monoisotopic (exact) mass is 533 g/mol. The Morgan fingerprint density at radius 3 is 2.62 bits per heavy atom. The predicted molar refractivity (Wildman–Crippen MR) is 132 cm³/mol. The first-order valence-corrected chi connectivity index (χ1v) is 11.6. The Hall–Kier alpha value is -3.77. The van der Waals surface area contributed by atoms with Crippen molar-refractivity contribution < 1.29 is 22.8 Å². The van der Waals surface area contributed by atoms with Crippen molar-refractivity contribution in [2.45, 2.75) is 25.6 Å². The minimum absolute atomic E-state index is 0.121. The molecule has 0 aliphatic carbocycles. The summed E-state index contributed by atoms with van der Waals surface area (Å²) >= 11 is 6.51. The molecule has 3 aromatic heterocycles. The highest BCUT2D eigenvalue weighted by Gasteiger charge is 2.31. The van der Waals surface area contributed by atoms with Gasteiger partial charge in [-0.2, -0.15) is 18.3 Å². The molecule has 4 rings (SSSR count). The number of nitrogen functional groups attached to an aromatic ring is 1. The van der Waals surface area contributed by atoms with Gasteiger partial charge in [0, 0.05) is 38.6 Å². The van der Waals surface area contributed by atoms with E-state index in [1.54, 1.807) is 36.0 Å². The molecular formula is C24H23ClF3N7O2. The van der Waals surface area contributed by atoms with Gasteiger partial charge in [0.25, 0.3) is 5.91 Å². The minimum Gasteiger partial charge on any atom is -0.383 e. The maximum Gasteiger partial charge on any atom is 0.417 e. The second-order valence-corrected chi connectivity index (χ2v) is 8.87. The molecule has 4 aromatic rings. The lowest BCUT2D eigenvalue weighted by atomic mass is 10.1. The fourth-order valence-electron chi connectivity index (χ4n) is 3.99. The number of hydrogen-bond acceptors (Lipinski definition) is 7. The van der Waals surface area contributed by atoms with Crippen LogP contribution >= 0.6 is 11.6 Å². The minimum atomic E-state index is -4.53. The third kappa shape index (κ3) is 5.35. The zero-order chi connectivity index (χ0) is 26.9. The molecule has 37 heavy (non-hydrogen) atoms. The van der Waals surface area contributed by atoms with Crippen molar-refractivity contribution in [2.75, 3.05) is 19.3 Å². The molecule has 3 heterocycles. The van der Waals surface area contributed by atoms with E-state index >= 15 is 0 Å². The van der Waals surface area contributed by atoms with Crippen LogP contribution in [0.25, 0.3) is 21.8 Å². The number of aromatic nitrogens is 4. The van der Waals surface area contributed by atoms with Crippen LogP contribution in [0, 0.1) is 0 Å². The zero-order valence-electron chi connectivity index (χ0n) is 20.0. The van der Waals surface area contributed by atoms with Crippen molar-refractivity contribution in [3.63, 3.8) is 0 Å². The first kappa shape index (κ1) is 26.3. The van der Waals surface area contributed by atoms with Gasteiger partial charge < -0.3 is 10.5 Å². The summed E-state index contributed by atoms with van der Waals surface area (Å²) < 4.78 is 40.5. The number of carbonyl (C=O) groups is 2. The maximum atomic E-state index is 13.8. The number of amides is 1. The summed E-state index contributed by atoms with van der Waals surface area (Å²) in [5.74, 6) is -0.231. The molecule has 0 spiro atoms. The van der Waals surface area contributed by atoms with Gasteiger partial charge >= 0.3 is 6.18 Å². The SMILES string of the molecule is CN(CCCC=O)N(Cc1ccc(C(F)(F)F)cn1)C(=O)c1cc2c(cc1Cl)nc(N)c1cnn(C)c12. The second kappa shape index (κ2) is 10.3. The standard InChI is InChI=1S/C24H23ClF3N7O2/c1-33(7-3-4-8-36)35(13-15-6-5-14(11-30-15)24(26,27)28)23(37)16-9-17-20(10-19(16)25)32-22(29)18-12-31-34(2)21(17)18/h5-6,8-12H,3-4,7,13H2,1-2H3,(H2,29,32). The van der Waals surface area contributed by atoms with Crippen molar-refractivity contribution in [1.82, 2.24) is 29.8 Å². The van der Waals surface area contributed by atoms with Crippen molar-refractivity contribution in [2.24, 2.45) is 7.05 Å². The van der Waals surface area contributed by atoms with Crippen LogP contribution in [-0.4, -0.2) is 55.6 Å². The van der Waals surface area contributed by atoms with E-state index in [0.29, 0.717) is 34.8 Å². The first-order chi connectivity index (χ1) is 17.5. The Bertz CT molecular complexity index is 1470. The number of unbranched alkanes of at least 4 members (excludes halogenated alkanes) is 1. The first-order valence-electron chi connectivity index (χ1n) is 11.2. The molecule has 0 aliphatic heterocycles. The van der Waals surface area contributed by atoms with Crippen molar-refractivity contribution >= 4 is 51.4 Å². The number of fused-ring (bicyclic) bond motifs is 3. The normalized spacial score (nSPS) is 12.0. The number of carbonyl (C=O) groups excluding carboxylic acids is 2. The highest BCUT2D eigenvalue weighted by Crippen LogP contribution is 2.32. The summed E-state index contributed by atoms with van der Waals surface area (Å²) in [5.41, 5.74) is 6.71. The van der Waals surface area contributed by atoms with Gasteiger partial charge in [-0.15, -0.1) is 0 Å². The third-order valence-electron chi connectivity index (χ3n) is 5.94. The Kier molecular flexibility index (Phi) is 7.32. The van der Waals surface area contributed by atoms with E-state index in [4.69, 9.17) is 17.3 Å². The summed E-state index contributed by atoms with van der Waals surface area (Å²) in [6.45, 7) is 0.213. The molecule has 0 atom stereocenters. The molecule has 13 heteroatoms. The number of rotatable bonds is 8. The van der Waals surface area contributed by atoms with Gasteiger partial charge in [0.2, 0.25) is 0 Å². The van der Waals surface area contributed by atoms with Crippen molar-refractivity contribution in [3.05, 3.63) is 58.5 Å². The number of aldehydes is 1. The number of benzene rings is 1. The molecule has 2 N–H and O–H groups in total. The summed E-state index contributed by atoms with van der Waals surface area (Å²) in [6, 6.07) is 5.27. The van der Waals surface area contributed by atoms with Crippen LogP contribution < -0.4 is 5.73 Å². The van der Waals surface area contributed by atoms with E-state index < -0.39 is 17.6 Å². The number of alkyl halides is 3. The molecule has 9 nitrogen and oxygen atoms in total. The predicted octanol–water partition coefficient (Wildman–Crippen LogP) is 4.24. The van der Waals surface area contributed by atoms with Crippen LogP contribution in [0.3, 0.4) is 0 Å². The van der Waals surface area contributed by atoms with Gasteiger partial charge in [-0.25, -0.2) is 9.99 Å². The average molecular weight is 534 g/mol. The number of halogens is 4. The Labute approximate surface area is 214 Å². The van der Waals surface area contributed by atoms with E-state index in [1.165, 1.54) is 17.1 Å². The summed E-state index contributed by atoms with van der Waals surface area (Å²) in [7, 11) is 3.38. The van der Waals surface area contributed by atoms with Gasteiger partial charge in [-0.05, 0) is 30.7 Å². The van der Waals surface area contributed by atoms with Crippen molar-refractivity contribution in [1.29, 1.82) is 0 Å². The molecule has 0 bridgehead atoms. The maximum absolute atomic E-state index is 13.8. The van der Waals surface area contributed by atoms with Crippen molar-refractivity contribution in [3.8, 4) is 0 Å². The molecule has 0 saturated heterocycles. The number of nitrogens with two attached hydrogens (primary N) is 1. The van der Waals surface area contributed by atoms with Gasteiger partial charge in [0.15, 0.2) is 0 Å². The number of anilines is 1. The number of aryl methyl sites for hydroxylation is 1. The molecule has 0 aliphatic rings. The lowest BCUT2D eigenvalue weighted by Gasteiger charge is -2.32. The number of hydrazine groups is 1. The highest BCUT2D eigenvalue weighted by molar-refractivity contribution is 6.35. The van der Waals surface area contributed by atoms with E-state index in [-0.39, 0.29) is 35.1 Å². The molecule has 0 saturated carbocycles. The number of pyridine rings is 2. The van der Waals surface area contributed by atoms with Crippen LogP contribution in [0.5, 0.6) is 0 Å². The van der Waals surface area contributed by atoms with E-state index in [2.05, 4.69) is 15.1 Å². The highest BCUT2D eigenvalue weighted by atomic mass is 35.5. The van der Waals surface area contributed by atoms with Crippen LogP contribution in [-0.2, 0) is 24.6 Å². The van der Waals surface area contributed by atoms with Crippen LogP contribution in [0.1, 0.15) is 34.5 Å². The van der Waals surface area contributed by atoms with Gasteiger partial charge in [0.05, 0.1) is 51.0 Å². The molecule has 0 fully saturated rings. The fraction of sp³-hybridized carbons (Fsp3) is 0.292. The molecule has 0 radical (unpaired) electrons. The van der Waals surface area contributed by atoms with E-state index in [9.17, 15) is 22.8 Å². The van der Waals surface area contributed by atoms with Crippen LogP contribution in [0.15, 0.2) is 36.7 Å². The largest absolute Gasteiger partial charge is 0.417 e. The van der Waals surface area contributed by atoms with Crippen LogP contribution in [0.2, 0.25) is 5.02 Å².